The van der Waals surface area contributed by atoms with Gasteiger partial charge in [-0.3, -0.25) is 4.79 Å². The first-order valence-electron chi connectivity index (χ1n) is 9.10. The number of para-hydroxylation sites is 1. The third-order valence-corrected chi connectivity index (χ3v) is 5.78. The first-order valence-corrected chi connectivity index (χ1v) is 9.98. The molecule has 1 amide bonds. The van der Waals surface area contributed by atoms with Crippen molar-refractivity contribution in [3.8, 4) is 10.7 Å². The van der Waals surface area contributed by atoms with E-state index in [-0.39, 0.29) is 5.91 Å². The summed E-state index contributed by atoms with van der Waals surface area (Å²) in [6.07, 6.45) is 3.40. The van der Waals surface area contributed by atoms with E-state index in [1.807, 2.05) is 22.4 Å². The summed E-state index contributed by atoms with van der Waals surface area (Å²) < 4.78 is 7.51. The summed E-state index contributed by atoms with van der Waals surface area (Å²) in [5, 5.41) is 3.96. The van der Waals surface area contributed by atoms with Crippen molar-refractivity contribution in [2.24, 2.45) is 0 Å². The monoisotopic (exact) mass is 369 g/mol. The summed E-state index contributed by atoms with van der Waals surface area (Å²) in [6, 6.07) is 10.5. The highest BCUT2D eigenvalue weighted by molar-refractivity contribution is 7.13. The molecule has 2 aromatic heterocycles. The van der Waals surface area contributed by atoms with Gasteiger partial charge in [-0.25, -0.2) is 4.98 Å². The Balaban J connectivity index is 1.67. The van der Waals surface area contributed by atoms with Gasteiger partial charge in [0.2, 0.25) is 0 Å². The topological polar surface area (TPSA) is 47.4 Å². The average molecular weight is 369 g/mol. The molecule has 0 unspecified atom stereocenters. The summed E-state index contributed by atoms with van der Waals surface area (Å²) >= 11 is 1.54. The van der Waals surface area contributed by atoms with Crippen LogP contribution < -0.4 is 0 Å². The summed E-state index contributed by atoms with van der Waals surface area (Å²) in [4.78, 5) is 19.3. The number of hydrogen-bond acceptors (Lipinski definition) is 4. The average Bonchev–Trinajstić information content (AvgIpc) is 3.31. The Bertz CT molecular complexity index is 909. The van der Waals surface area contributed by atoms with Gasteiger partial charge < -0.3 is 14.2 Å². The highest BCUT2D eigenvalue weighted by Crippen LogP contribution is 2.31. The van der Waals surface area contributed by atoms with Crippen LogP contribution in [-0.4, -0.2) is 47.2 Å². The molecule has 3 heterocycles. The van der Waals surface area contributed by atoms with Crippen LogP contribution in [0, 0.1) is 0 Å². The molecule has 1 aliphatic heterocycles. The Hall–Kier alpha value is -2.18. The van der Waals surface area contributed by atoms with Crippen LogP contribution in [0.25, 0.3) is 21.6 Å². The number of fused-ring (bicyclic) bond motifs is 1. The molecule has 0 N–H and O–H groups in total. The van der Waals surface area contributed by atoms with Crippen molar-refractivity contribution >= 4 is 28.1 Å². The van der Waals surface area contributed by atoms with Crippen molar-refractivity contribution in [1.82, 2.24) is 14.5 Å². The number of ether oxygens (including phenoxy) is 1. The Morgan fingerprint density at radius 3 is 2.85 bits per heavy atom. The van der Waals surface area contributed by atoms with Crippen LogP contribution in [0.3, 0.4) is 0 Å². The summed E-state index contributed by atoms with van der Waals surface area (Å²) in [5.41, 5.74) is 2.78. The van der Waals surface area contributed by atoms with E-state index >= 15 is 0 Å². The van der Waals surface area contributed by atoms with Crippen molar-refractivity contribution < 1.29 is 9.53 Å². The van der Waals surface area contributed by atoms with Crippen molar-refractivity contribution in [1.29, 1.82) is 0 Å². The van der Waals surface area contributed by atoms with Gasteiger partial charge in [-0.05, 0) is 31.4 Å². The molecule has 136 valence electrons. The van der Waals surface area contributed by atoms with Crippen LogP contribution in [0.15, 0.2) is 35.7 Å². The van der Waals surface area contributed by atoms with E-state index in [0.717, 1.165) is 43.2 Å². The molecule has 4 rings (SSSR count). The minimum absolute atomic E-state index is 0.0618. The van der Waals surface area contributed by atoms with E-state index in [9.17, 15) is 4.79 Å². The summed E-state index contributed by atoms with van der Waals surface area (Å²) in [7, 11) is 1.71. The molecule has 0 saturated carbocycles. The Labute approximate surface area is 157 Å². The zero-order chi connectivity index (χ0) is 17.9. The number of piperidine rings is 1. The number of nitrogens with zero attached hydrogens (tertiary/aromatic N) is 3. The lowest BCUT2D eigenvalue weighted by Crippen LogP contribution is -2.35. The van der Waals surface area contributed by atoms with Gasteiger partial charge in [0.1, 0.15) is 10.7 Å². The second kappa shape index (κ2) is 7.60. The van der Waals surface area contributed by atoms with E-state index in [0.29, 0.717) is 12.3 Å². The molecule has 0 radical (unpaired) electrons. The lowest BCUT2D eigenvalue weighted by molar-refractivity contribution is 0.0719. The lowest BCUT2D eigenvalue weighted by Gasteiger charge is -2.25. The molecule has 0 aliphatic carbocycles. The van der Waals surface area contributed by atoms with E-state index in [4.69, 9.17) is 4.74 Å². The molecule has 6 heteroatoms. The second-order valence-electron chi connectivity index (χ2n) is 6.62. The van der Waals surface area contributed by atoms with Crippen LogP contribution in [0.5, 0.6) is 0 Å². The third-order valence-electron chi connectivity index (χ3n) is 4.92. The molecule has 0 atom stereocenters. The smallest absolute Gasteiger partial charge is 0.273 e. The maximum Gasteiger partial charge on any atom is 0.273 e. The first-order chi connectivity index (χ1) is 12.8. The molecule has 0 bridgehead atoms. The van der Waals surface area contributed by atoms with Crippen molar-refractivity contribution in [3.63, 3.8) is 0 Å². The number of thiazole rings is 1. The SMILES string of the molecule is COCCn1c(-c2nc(C(=O)N3CCCCC3)cs2)cc2ccccc21. The summed E-state index contributed by atoms with van der Waals surface area (Å²) in [5.74, 6) is 0.0618. The van der Waals surface area contributed by atoms with Gasteiger partial charge in [0.15, 0.2) is 0 Å². The van der Waals surface area contributed by atoms with Crippen LogP contribution in [0.4, 0.5) is 0 Å². The molecule has 5 nitrogen and oxygen atoms in total. The highest BCUT2D eigenvalue weighted by Gasteiger charge is 2.22. The van der Waals surface area contributed by atoms with Gasteiger partial charge in [-0.15, -0.1) is 11.3 Å². The molecular weight excluding hydrogens is 346 g/mol. The fourth-order valence-electron chi connectivity index (χ4n) is 3.56. The molecule has 1 aromatic carbocycles. The fourth-order valence-corrected chi connectivity index (χ4v) is 4.38. The van der Waals surface area contributed by atoms with E-state index in [1.165, 1.54) is 28.7 Å². The first kappa shape index (κ1) is 17.2. The lowest BCUT2D eigenvalue weighted by atomic mass is 10.1. The van der Waals surface area contributed by atoms with Crippen LogP contribution in [-0.2, 0) is 11.3 Å². The number of carbonyl (C=O) groups is 1. The molecule has 1 aliphatic rings. The molecule has 1 saturated heterocycles. The molecule has 1 fully saturated rings. The van der Waals surface area contributed by atoms with Crippen LogP contribution >= 0.6 is 11.3 Å². The van der Waals surface area contributed by atoms with E-state index in [1.54, 1.807) is 7.11 Å². The van der Waals surface area contributed by atoms with Crippen molar-refractivity contribution in [2.45, 2.75) is 25.8 Å². The number of amides is 1. The van der Waals surface area contributed by atoms with Gasteiger partial charge in [-0.2, -0.15) is 0 Å². The van der Waals surface area contributed by atoms with E-state index in [2.05, 4.69) is 27.8 Å². The zero-order valence-corrected chi connectivity index (χ0v) is 15.8. The maximum absolute atomic E-state index is 12.7. The Kier molecular flexibility index (Phi) is 5.04. The molecular formula is C20H23N3O2S. The number of rotatable bonds is 5. The standard InChI is InChI=1S/C20H23N3O2S/c1-25-12-11-23-17-8-4-3-7-15(17)13-18(23)19-21-16(14-26-19)20(24)22-9-5-2-6-10-22/h3-4,7-8,13-14H,2,5-6,9-12H2,1H3. The van der Waals surface area contributed by atoms with Crippen LogP contribution in [0.2, 0.25) is 0 Å². The Morgan fingerprint density at radius 2 is 2.04 bits per heavy atom. The molecule has 26 heavy (non-hydrogen) atoms. The highest BCUT2D eigenvalue weighted by atomic mass is 32.1. The third kappa shape index (κ3) is 3.27. The molecule has 3 aromatic rings. The predicted octanol–water partition coefficient (Wildman–Crippen LogP) is 4.04. The maximum atomic E-state index is 12.7. The Morgan fingerprint density at radius 1 is 1.23 bits per heavy atom. The van der Waals surface area contributed by atoms with Crippen molar-refractivity contribution in [2.75, 3.05) is 26.8 Å². The summed E-state index contributed by atoms with van der Waals surface area (Å²) in [6.45, 7) is 3.09. The number of methoxy groups -OCH3 is 1. The van der Waals surface area contributed by atoms with Gasteiger partial charge in [0.25, 0.3) is 5.91 Å². The fraction of sp³-hybridized carbons (Fsp3) is 0.400. The number of carbonyl (C=O) groups excluding carboxylic acids is 1. The van der Waals surface area contributed by atoms with Gasteiger partial charge in [0.05, 0.1) is 12.3 Å². The van der Waals surface area contributed by atoms with Crippen LogP contribution in [0.1, 0.15) is 29.8 Å². The predicted molar refractivity (Wildman–Crippen MR) is 105 cm³/mol. The molecule has 0 spiro atoms. The zero-order valence-electron chi connectivity index (χ0n) is 15.0. The van der Waals surface area contributed by atoms with Gasteiger partial charge >= 0.3 is 0 Å². The minimum atomic E-state index is 0.0618. The van der Waals surface area contributed by atoms with Gasteiger partial charge in [0, 0.05) is 43.0 Å². The quantitative estimate of drug-likeness (QED) is 0.682. The van der Waals surface area contributed by atoms with Crippen molar-refractivity contribution in [3.05, 3.63) is 41.4 Å². The largest absolute Gasteiger partial charge is 0.383 e. The number of aromatic nitrogens is 2. The van der Waals surface area contributed by atoms with Gasteiger partial charge in [-0.1, -0.05) is 18.2 Å². The second-order valence-corrected chi connectivity index (χ2v) is 7.48. The minimum Gasteiger partial charge on any atom is -0.383 e. The normalized spacial score (nSPS) is 14.9. The number of benzene rings is 1. The number of hydrogen-bond donors (Lipinski definition) is 0. The number of likely N-dealkylation sites (tertiary alicyclic amines) is 1. The van der Waals surface area contributed by atoms with E-state index < -0.39 is 0 Å².